The fraction of sp³-hybridized carbons (Fsp3) is 0.600. The number of nitrogens with one attached hydrogen (secondary N) is 2. The van der Waals surface area contributed by atoms with Crippen LogP contribution in [0.5, 0.6) is 0 Å². The second kappa shape index (κ2) is 8.29. The van der Waals surface area contributed by atoms with Gasteiger partial charge < -0.3 is 10.6 Å². The van der Waals surface area contributed by atoms with E-state index in [4.69, 9.17) is 0 Å². The molecular formula is C10H18N2O2. The van der Waals surface area contributed by atoms with Gasteiger partial charge in [0.1, 0.15) is 0 Å². The Bertz CT molecular complexity index is 190. The zero-order valence-electron chi connectivity index (χ0n) is 8.80. The Labute approximate surface area is 84.8 Å². The molecule has 0 heterocycles. The minimum Gasteiger partial charge on any atom is -0.356 e. The monoisotopic (exact) mass is 198 g/mol. The quantitative estimate of drug-likeness (QED) is 0.485. The average molecular weight is 198 g/mol. The molecule has 2 N–H and O–H groups in total. The van der Waals surface area contributed by atoms with Crippen LogP contribution >= 0.6 is 0 Å². The number of hydrogen-bond donors (Lipinski definition) is 2. The van der Waals surface area contributed by atoms with E-state index in [9.17, 15) is 9.59 Å². The predicted octanol–water partition coefficient (Wildman–Crippen LogP) is 0.595. The SMILES string of the molecule is CC(=O)NCC/C=C\CCNC(C)=O. The van der Waals surface area contributed by atoms with Crippen LogP contribution < -0.4 is 10.6 Å². The lowest BCUT2D eigenvalue weighted by atomic mass is 10.3. The third-order valence-electron chi connectivity index (χ3n) is 1.54. The molecule has 0 saturated heterocycles. The van der Waals surface area contributed by atoms with E-state index < -0.39 is 0 Å². The smallest absolute Gasteiger partial charge is 0.216 e. The van der Waals surface area contributed by atoms with Crippen LogP contribution in [0.2, 0.25) is 0 Å². The highest BCUT2D eigenvalue weighted by molar-refractivity contribution is 5.73. The van der Waals surface area contributed by atoms with Gasteiger partial charge in [-0.3, -0.25) is 9.59 Å². The summed E-state index contributed by atoms with van der Waals surface area (Å²) in [7, 11) is 0. The number of rotatable bonds is 6. The fourth-order valence-corrected chi connectivity index (χ4v) is 0.899. The van der Waals surface area contributed by atoms with Gasteiger partial charge in [0.05, 0.1) is 0 Å². The standard InChI is InChI=1S/C10H18N2O2/c1-9(13)11-7-5-3-4-6-8-12-10(2)14/h3-4H,5-8H2,1-2H3,(H,11,13)(H,12,14)/b4-3-. The molecule has 4 nitrogen and oxygen atoms in total. The van der Waals surface area contributed by atoms with Gasteiger partial charge in [0, 0.05) is 26.9 Å². The zero-order valence-corrected chi connectivity index (χ0v) is 8.80. The highest BCUT2D eigenvalue weighted by Gasteiger charge is 1.88. The largest absolute Gasteiger partial charge is 0.356 e. The number of carbonyl (C=O) groups excluding carboxylic acids is 2. The summed E-state index contributed by atoms with van der Waals surface area (Å²) in [5.41, 5.74) is 0. The first-order chi connectivity index (χ1) is 6.63. The molecule has 0 spiro atoms. The first-order valence-electron chi connectivity index (χ1n) is 4.77. The number of amides is 2. The number of hydrogen-bond acceptors (Lipinski definition) is 2. The van der Waals surface area contributed by atoms with Crippen molar-refractivity contribution in [2.75, 3.05) is 13.1 Å². The molecular weight excluding hydrogens is 180 g/mol. The van der Waals surface area contributed by atoms with Gasteiger partial charge in [0.25, 0.3) is 0 Å². The van der Waals surface area contributed by atoms with Gasteiger partial charge in [-0.15, -0.1) is 0 Å². The summed E-state index contributed by atoms with van der Waals surface area (Å²) in [5, 5.41) is 5.39. The first kappa shape index (κ1) is 12.7. The van der Waals surface area contributed by atoms with E-state index in [0.29, 0.717) is 13.1 Å². The van der Waals surface area contributed by atoms with Crippen LogP contribution in [0.1, 0.15) is 26.7 Å². The first-order valence-corrected chi connectivity index (χ1v) is 4.77. The Morgan fingerprint density at radius 2 is 1.29 bits per heavy atom. The van der Waals surface area contributed by atoms with Gasteiger partial charge in [-0.25, -0.2) is 0 Å². The Morgan fingerprint density at radius 3 is 1.57 bits per heavy atom. The summed E-state index contributed by atoms with van der Waals surface area (Å²) in [6.07, 6.45) is 5.66. The summed E-state index contributed by atoms with van der Waals surface area (Å²) < 4.78 is 0. The molecule has 14 heavy (non-hydrogen) atoms. The molecule has 0 aliphatic rings. The lowest BCUT2D eigenvalue weighted by Gasteiger charge is -1.98. The van der Waals surface area contributed by atoms with Crippen molar-refractivity contribution in [3.63, 3.8) is 0 Å². The maximum Gasteiger partial charge on any atom is 0.216 e. The van der Waals surface area contributed by atoms with Crippen LogP contribution in [0.15, 0.2) is 12.2 Å². The van der Waals surface area contributed by atoms with Crippen molar-refractivity contribution >= 4 is 11.8 Å². The molecule has 0 aliphatic heterocycles. The van der Waals surface area contributed by atoms with E-state index >= 15 is 0 Å². The molecule has 0 radical (unpaired) electrons. The highest BCUT2D eigenvalue weighted by Crippen LogP contribution is 1.85. The Kier molecular flexibility index (Phi) is 7.50. The van der Waals surface area contributed by atoms with Crippen molar-refractivity contribution in [2.45, 2.75) is 26.7 Å². The van der Waals surface area contributed by atoms with Crippen molar-refractivity contribution in [3.05, 3.63) is 12.2 Å². The average Bonchev–Trinajstić information content (AvgIpc) is 2.08. The molecule has 0 unspecified atom stereocenters. The van der Waals surface area contributed by atoms with Crippen molar-refractivity contribution in [2.24, 2.45) is 0 Å². The van der Waals surface area contributed by atoms with Gasteiger partial charge in [-0.1, -0.05) is 12.2 Å². The van der Waals surface area contributed by atoms with E-state index in [-0.39, 0.29) is 11.8 Å². The maximum absolute atomic E-state index is 10.5. The lowest BCUT2D eigenvalue weighted by Crippen LogP contribution is -2.20. The molecule has 4 heteroatoms. The van der Waals surface area contributed by atoms with Crippen molar-refractivity contribution in [1.82, 2.24) is 10.6 Å². The Morgan fingerprint density at radius 1 is 0.929 bits per heavy atom. The molecule has 0 saturated carbocycles. The van der Waals surface area contributed by atoms with E-state index in [1.165, 1.54) is 13.8 Å². The molecule has 0 aliphatic carbocycles. The molecule has 0 fully saturated rings. The number of carbonyl (C=O) groups is 2. The van der Waals surface area contributed by atoms with Gasteiger partial charge >= 0.3 is 0 Å². The van der Waals surface area contributed by atoms with Gasteiger partial charge in [0.15, 0.2) is 0 Å². The minimum absolute atomic E-state index is 0.00311. The Hall–Kier alpha value is -1.32. The normalized spacial score (nSPS) is 10.1. The van der Waals surface area contributed by atoms with Crippen molar-refractivity contribution in [3.8, 4) is 0 Å². The van der Waals surface area contributed by atoms with E-state index in [1.54, 1.807) is 0 Å². The lowest BCUT2D eigenvalue weighted by molar-refractivity contribution is -0.119. The second-order valence-corrected chi connectivity index (χ2v) is 3.01. The van der Waals surface area contributed by atoms with Crippen LogP contribution in [0.3, 0.4) is 0 Å². The molecule has 80 valence electrons. The third kappa shape index (κ3) is 10.7. The summed E-state index contributed by atoms with van der Waals surface area (Å²) in [6, 6.07) is 0. The second-order valence-electron chi connectivity index (χ2n) is 3.01. The molecule has 0 aromatic carbocycles. The topological polar surface area (TPSA) is 58.2 Å². The van der Waals surface area contributed by atoms with E-state index in [2.05, 4.69) is 10.6 Å². The van der Waals surface area contributed by atoms with Crippen LogP contribution in [0.4, 0.5) is 0 Å². The van der Waals surface area contributed by atoms with Gasteiger partial charge in [0.2, 0.25) is 11.8 Å². The minimum atomic E-state index is -0.00311. The molecule has 0 rings (SSSR count). The molecule has 2 amide bonds. The van der Waals surface area contributed by atoms with E-state index in [1.807, 2.05) is 12.2 Å². The molecule has 0 bridgehead atoms. The summed E-state index contributed by atoms with van der Waals surface area (Å²) in [4.78, 5) is 20.9. The van der Waals surface area contributed by atoms with Crippen LogP contribution in [0, 0.1) is 0 Å². The summed E-state index contributed by atoms with van der Waals surface area (Å²) in [6.45, 7) is 4.35. The molecule has 0 aromatic heterocycles. The Balaban J connectivity index is 3.19. The van der Waals surface area contributed by atoms with Crippen LogP contribution in [-0.2, 0) is 9.59 Å². The van der Waals surface area contributed by atoms with Crippen molar-refractivity contribution < 1.29 is 9.59 Å². The van der Waals surface area contributed by atoms with Crippen LogP contribution in [0.25, 0.3) is 0 Å². The van der Waals surface area contributed by atoms with Crippen LogP contribution in [-0.4, -0.2) is 24.9 Å². The fourth-order valence-electron chi connectivity index (χ4n) is 0.899. The molecule has 0 atom stereocenters. The summed E-state index contributed by atoms with van der Waals surface area (Å²) >= 11 is 0. The highest BCUT2D eigenvalue weighted by atomic mass is 16.1. The predicted molar refractivity (Wildman–Crippen MR) is 55.7 cm³/mol. The van der Waals surface area contributed by atoms with Gasteiger partial charge in [-0.05, 0) is 12.8 Å². The maximum atomic E-state index is 10.5. The molecule has 0 aromatic rings. The van der Waals surface area contributed by atoms with Gasteiger partial charge in [-0.2, -0.15) is 0 Å². The van der Waals surface area contributed by atoms with E-state index in [0.717, 1.165) is 12.8 Å². The van der Waals surface area contributed by atoms with Crippen molar-refractivity contribution in [1.29, 1.82) is 0 Å². The summed E-state index contributed by atoms with van der Waals surface area (Å²) in [5.74, 6) is -0.00621. The zero-order chi connectivity index (χ0) is 10.8. The third-order valence-corrected chi connectivity index (χ3v) is 1.54.